The van der Waals surface area contributed by atoms with Crippen molar-refractivity contribution in [3.05, 3.63) is 53.9 Å². The first-order valence-corrected chi connectivity index (χ1v) is 4.79. The SMILES string of the molecule is [CH]1CCc2ccc3ccccc3c21. The molecule has 2 aromatic carbocycles. The molecule has 13 heavy (non-hydrogen) atoms. The third-order valence-electron chi connectivity index (χ3n) is 2.82. The average Bonchev–Trinajstić information content (AvgIpc) is 2.65. The van der Waals surface area contributed by atoms with E-state index in [1.54, 1.807) is 0 Å². The highest BCUT2D eigenvalue weighted by Gasteiger charge is 2.12. The van der Waals surface area contributed by atoms with Gasteiger partial charge in [0.2, 0.25) is 0 Å². The van der Waals surface area contributed by atoms with Crippen LogP contribution in [0.3, 0.4) is 0 Å². The summed E-state index contributed by atoms with van der Waals surface area (Å²) in [5.41, 5.74) is 2.98. The number of hydrogen-bond donors (Lipinski definition) is 0. The Balaban J connectivity index is 2.43. The van der Waals surface area contributed by atoms with Crippen LogP contribution in [0, 0.1) is 6.42 Å². The van der Waals surface area contributed by atoms with E-state index in [4.69, 9.17) is 0 Å². The van der Waals surface area contributed by atoms with Crippen LogP contribution in [-0.4, -0.2) is 0 Å². The summed E-state index contributed by atoms with van der Waals surface area (Å²) in [5, 5.41) is 2.77. The second kappa shape index (κ2) is 2.59. The van der Waals surface area contributed by atoms with E-state index >= 15 is 0 Å². The largest absolute Gasteiger partial charge is 0.0616 e. The Morgan fingerprint density at radius 2 is 1.85 bits per heavy atom. The third-order valence-corrected chi connectivity index (χ3v) is 2.82. The lowest BCUT2D eigenvalue weighted by Crippen LogP contribution is -1.82. The summed E-state index contributed by atoms with van der Waals surface area (Å²) in [5.74, 6) is 0. The van der Waals surface area contributed by atoms with Crippen LogP contribution >= 0.6 is 0 Å². The highest BCUT2D eigenvalue weighted by atomic mass is 14.2. The second-order valence-corrected chi connectivity index (χ2v) is 3.60. The van der Waals surface area contributed by atoms with Gasteiger partial charge >= 0.3 is 0 Å². The van der Waals surface area contributed by atoms with Gasteiger partial charge in [0.15, 0.2) is 0 Å². The van der Waals surface area contributed by atoms with Crippen LogP contribution < -0.4 is 0 Å². The second-order valence-electron chi connectivity index (χ2n) is 3.60. The number of hydrogen-bond acceptors (Lipinski definition) is 0. The monoisotopic (exact) mass is 167 g/mol. The molecule has 3 rings (SSSR count). The zero-order chi connectivity index (χ0) is 8.67. The lowest BCUT2D eigenvalue weighted by atomic mass is 10.0. The minimum absolute atomic E-state index is 1.21. The maximum absolute atomic E-state index is 2.36. The van der Waals surface area contributed by atoms with Crippen molar-refractivity contribution in [2.24, 2.45) is 0 Å². The van der Waals surface area contributed by atoms with Gasteiger partial charge in [0, 0.05) is 0 Å². The van der Waals surface area contributed by atoms with E-state index in [2.05, 4.69) is 42.8 Å². The van der Waals surface area contributed by atoms with Crippen molar-refractivity contribution in [1.29, 1.82) is 0 Å². The summed E-state index contributed by atoms with van der Waals surface area (Å²) in [6.45, 7) is 0. The molecule has 0 spiro atoms. The minimum Gasteiger partial charge on any atom is -0.0616 e. The standard InChI is InChI=1S/C13H11/c1-2-6-12-10(4-1)8-9-11-5-3-7-13(11)12/h1-2,4,6-9H,3,5H2. The number of aryl methyl sites for hydroxylation is 1. The molecule has 0 aromatic heterocycles. The van der Waals surface area contributed by atoms with Crippen LogP contribution in [0.4, 0.5) is 0 Å². The summed E-state index contributed by atoms with van der Waals surface area (Å²) in [6, 6.07) is 13.1. The first-order valence-electron chi connectivity index (χ1n) is 4.79. The summed E-state index contributed by atoms with van der Waals surface area (Å²) in [7, 11) is 0. The quantitative estimate of drug-likeness (QED) is 0.564. The maximum Gasteiger partial charge on any atom is -0.00806 e. The average molecular weight is 167 g/mol. The van der Waals surface area contributed by atoms with Crippen molar-refractivity contribution >= 4 is 10.8 Å². The molecule has 2 aromatic rings. The highest BCUT2D eigenvalue weighted by Crippen LogP contribution is 2.30. The molecule has 0 bridgehead atoms. The van der Waals surface area contributed by atoms with Gasteiger partial charge in [-0.1, -0.05) is 36.4 Å². The minimum atomic E-state index is 1.21. The summed E-state index contributed by atoms with van der Waals surface area (Å²) < 4.78 is 0. The predicted octanol–water partition coefficient (Wildman–Crippen LogP) is 3.34. The van der Waals surface area contributed by atoms with Gasteiger partial charge in [0.25, 0.3) is 0 Å². The number of fused-ring (bicyclic) bond motifs is 3. The van der Waals surface area contributed by atoms with Gasteiger partial charge in [-0.25, -0.2) is 0 Å². The van der Waals surface area contributed by atoms with Gasteiger partial charge in [0.1, 0.15) is 0 Å². The van der Waals surface area contributed by atoms with E-state index in [0.29, 0.717) is 0 Å². The molecule has 0 nitrogen and oxygen atoms in total. The van der Waals surface area contributed by atoms with E-state index in [1.807, 2.05) is 0 Å². The summed E-state index contributed by atoms with van der Waals surface area (Å²) in [4.78, 5) is 0. The predicted molar refractivity (Wildman–Crippen MR) is 55.7 cm³/mol. The molecule has 0 amide bonds. The van der Waals surface area contributed by atoms with Crippen molar-refractivity contribution in [2.75, 3.05) is 0 Å². The number of rotatable bonds is 0. The van der Waals surface area contributed by atoms with Crippen LogP contribution in [0.2, 0.25) is 0 Å². The van der Waals surface area contributed by atoms with E-state index in [0.717, 1.165) is 0 Å². The lowest BCUT2D eigenvalue weighted by molar-refractivity contribution is 1.03. The van der Waals surface area contributed by atoms with E-state index in [1.165, 1.54) is 34.7 Å². The lowest BCUT2D eigenvalue weighted by Gasteiger charge is -2.03. The van der Waals surface area contributed by atoms with Gasteiger partial charge in [-0.15, -0.1) is 0 Å². The molecule has 63 valence electrons. The normalized spacial score (nSPS) is 14.8. The van der Waals surface area contributed by atoms with Crippen molar-refractivity contribution in [3.63, 3.8) is 0 Å². The molecule has 0 aliphatic heterocycles. The molecule has 0 saturated heterocycles. The van der Waals surface area contributed by atoms with Gasteiger partial charge in [-0.2, -0.15) is 0 Å². The van der Waals surface area contributed by atoms with Crippen LogP contribution in [0.25, 0.3) is 10.8 Å². The Kier molecular flexibility index (Phi) is 1.42. The topological polar surface area (TPSA) is 0 Å². The molecule has 1 aliphatic rings. The molecule has 0 atom stereocenters. The summed E-state index contributed by atoms with van der Waals surface area (Å²) >= 11 is 0. The zero-order valence-corrected chi connectivity index (χ0v) is 7.46. The van der Waals surface area contributed by atoms with E-state index in [-0.39, 0.29) is 0 Å². The molecule has 0 heteroatoms. The van der Waals surface area contributed by atoms with Crippen LogP contribution in [0.15, 0.2) is 36.4 Å². The highest BCUT2D eigenvalue weighted by molar-refractivity contribution is 5.88. The number of benzene rings is 2. The van der Waals surface area contributed by atoms with Crippen molar-refractivity contribution < 1.29 is 0 Å². The molecule has 0 saturated carbocycles. The Labute approximate surface area is 78.2 Å². The zero-order valence-electron chi connectivity index (χ0n) is 7.46. The molecule has 1 radical (unpaired) electrons. The van der Waals surface area contributed by atoms with Gasteiger partial charge < -0.3 is 0 Å². The van der Waals surface area contributed by atoms with Crippen LogP contribution in [0.5, 0.6) is 0 Å². The Morgan fingerprint density at radius 1 is 0.923 bits per heavy atom. The summed E-state index contributed by atoms with van der Waals surface area (Å²) in [6.07, 6.45) is 4.79. The smallest absolute Gasteiger partial charge is 0.00806 e. The fourth-order valence-corrected chi connectivity index (χ4v) is 2.17. The Hall–Kier alpha value is -1.30. The third kappa shape index (κ3) is 0.983. The molecule has 0 N–H and O–H groups in total. The molecule has 0 heterocycles. The Bertz CT molecular complexity index is 455. The van der Waals surface area contributed by atoms with Gasteiger partial charge in [-0.3, -0.25) is 0 Å². The first kappa shape index (κ1) is 7.14. The van der Waals surface area contributed by atoms with Gasteiger partial charge in [-0.05, 0) is 41.2 Å². The van der Waals surface area contributed by atoms with Crippen molar-refractivity contribution in [2.45, 2.75) is 12.8 Å². The van der Waals surface area contributed by atoms with Crippen molar-refractivity contribution in [1.82, 2.24) is 0 Å². The molecular formula is C13H11. The van der Waals surface area contributed by atoms with Crippen LogP contribution in [-0.2, 0) is 6.42 Å². The molecule has 0 fully saturated rings. The van der Waals surface area contributed by atoms with Crippen LogP contribution in [0.1, 0.15) is 17.5 Å². The Morgan fingerprint density at radius 3 is 2.85 bits per heavy atom. The molecular weight excluding hydrogens is 156 g/mol. The van der Waals surface area contributed by atoms with E-state index < -0.39 is 0 Å². The molecule has 0 unspecified atom stereocenters. The van der Waals surface area contributed by atoms with Crippen molar-refractivity contribution in [3.8, 4) is 0 Å². The maximum atomic E-state index is 2.36. The fraction of sp³-hybridized carbons (Fsp3) is 0.154. The fourth-order valence-electron chi connectivity index (χ4n) is 2.17. The first-order chi connectivity index (χ1) is 6.45. The molecule has 1 aliphatic carbocycles. The van der Waals surface area contributed by atoms with Gasteiger partial charge in [0.05, 0.1) is 0 Å². The van der Waals surface area contributed by atoms with E-state index in [9.17, 15) is 0 Å².